The molecule has 1 saturated carbocycles. The van der Waals surface area contributed by atoms with Gasteiger partial charge in [0.15, 0.2) is 0 Å². The number of nitrogens with zero attached hydrogens (tertiary/aromatic N) is 1. The normalized spacial score (nSPS) is 19.8. The number of aromatic nitrogens is 1. The van der Waals surface area contributed by atoms with Crippen LogP contribution in [0.5, 0.6) is 0 Å². The van der Waals surface area contributed by atoms with Crippen molar-refractivity contribution in [2.45, 2.75) is 44.9 Å². The molecular formula is C10H15NS. The molecule has 66 valence electrons. The molecule has 0 bridgehead atoms. The molecule has 0 unspecified atom stereocenters. The van der Waals surface area contributed by atoms with Crippen molar-refractivity contribution in [3.05, 3.63) is 16.1 Å². The Bertz CT molecular complexity index is 248. The molecule has 0 atom stereocenters. The summed E-state index contributed by atoms with van der Waals surface area (Å²) in [6.45, 7) is 2.09. The average Bonchev–Trinajstić information content (AvgIpc) is 2.54. The third-order valence-electron chi connectivity index (χ3n) is 2.66. The van der Waals surface area contributed by atoms with E-state index in [1.165, 1.54) is 42.8 Å². The van der Waals surface area contributed by atoms with Crippen LogP contribution in [0, 0.1) is 6.92 Å². The summed E-state index contributed by atoms with van der Waals surface area (Å²) in [7, 11) is 0. The van der Waals surface area contributed by atoms with Gasteiger partial charge in [0, 0.05) is 11.3 Å². The highest BCUT2D eigenvalue weighted by atomic mass is 32.1. The van der Waals surface area contributed by atoms with Gasteiger partial charge in [-0.15, -0.1) is 11.3 Å². The van der Waals surface area contributed by atoms with E-state index in [2.05, 4.69) is 17.3 Å². The molecule has 1 aromatic heterocycles. The Kier molecular flexibility index (Phi) is 2.45. The third-order valence-corrected chi connectivity index (χ3v) is 3.45. The van der Waals surface area contributed by atoms with Crippen molar-refractivity contribution in [2.75, 3.05) is 0 Å². The fourth-order valence-corrected chi connectivity index (χ4v) is 2.66. The molecule has 1 aliphatic rings. The van der Waals surface area contributed by atoms with Crippen LogP contribution in [0.4, 0.5) is 0 Å². The zero-order valence-corrected chi connectivity index (χ0v) is 8.36. The van der Waals surface area contributed by atoms with Crippen molar-refractivity contribution in [3.63, 3.8) is 0 Å². The molecule has 0 spiro atoms. The summed E-state index contributed by atoms with van der Waals surface area (Å²) in [5.74, 6) is 0.781. The number of rotatable bonds is 1. The fourth-order valence-electron chi connectivity index (χ4n) is 1.97. The number of thiazole rings is 1. The Hall–Kier alpha value is -0.370. The lowest BCUT2D eigenvalue weighted by Crippen LogP contribution is -2.04. The van der Waals surface area contributed by atoms with Crippen LogP contribution in [-0.4, -0.2) is 4.98 Å². The highest BCUT2D eigenvalue weighted by Crippen LogP contribution is 2.32. The van der Waals surface area contributed by atoms with Crippen LogP contribution < -0.4 is 0 Å². The summed E-state index contributed by atoms with van der Waals surface area (Å²) in [5, 5.41) is 3.46. The Morgan fingerprint density at radius 2 is 2.08 bits per heavy atom. The lowest BCUT2D eigenvalue weighted by molar-refractivity contribution is 0.437. The lowest BCUT2D eigenvalue weighted by Gasteiger charge is -2.19. The highest BCUT2D eigenvalue weighted by Gasteiger charge is 2.17. The van der Waals surface area contributed by atoms with Gasteiger partial charge in [-0.05, 0) is 19.8 Å². The lowest BCUT2D eigenvalue weighted by atomic mass is 9.87. The van der Waals surface area contributed by atoms with Crippen molar-refractivity contribution in [1.82, 2.24) is 4.98 Å². The molecule has 12 heavy (non-hydrogen) atoms. The first-order chi connectivity index (χ1) is 5.86. The van der Waals surface area contributed by atoms with Crippen LogP contribution >= 0.6 is 11.3 Å². The summed E-state index contributed by atoms with van der Waals surface area (Å²) < 4.78 is 0. The molecule has 0 aromatic carbocycles. The monoisotopic (exact) mass is 181 g/mol. The fraction of sp³-hybridized carbons (Fsp3) is 0.700. The van der Waals surface area contributed by atoms with Gasteiger partial charge >= 0.3 is 0 Å². The van der Waals surface area contributed by atoms with Gasteiger partial charge in [-0.2, -0.15) is 0 Å². The van der Waals surface area contributed by atoms with Crippen LogP contribution in [0.25, 0.3) is 0 Å². The smallest absolute Gasteiger partial charge is 0.0897 e. The van der Waals surface area contributed by atoms with Crippen LogP contribution in [0.1, 0.15) is 48.7 Å². The summed E-state index contributed by atoms with van der Waals surface area (Å²) in [5.41, 5.74) is 1.36. The molecule has 1 aliphatic carbocycles. The van der Waals surface area contributed by atoms with E-state index >= 15 is 0 Å². The van der Waals surface area contributed by atoms with Gasteiger partial charge in [0.25, 0.3) is 0 Å². The van der Waals surface area contributed by atoms with E-state index in [1.807, 2.05) is 0 Å². The van der Waals surface area contributed by atoms with Gasteiger partial charge in [-0.1, -0.05) is 19.3 Å². The van der Waals surface area contributed by atoms with Crippen LogP contribution in [-0.2, 0) is 0 Å². The van der Waals surface area contributed by atoms with Gasteiger partial charge in [0.1, 0.15) is 0 Å². The molecule has 1 fully saturated rings. The minimum atomic E-state index is 0.781. The summed E-state index contributed by atoms with van der Waals surface area (Å²) in [6, 6.07) is 0. The minimum absolute atomic E-state index is 0.781. The van der Waals surface area contributed by atoms with Crippen molar-refractivity contribution >= 4 is 11.3 Å². The van der Waals surface area contributed by atoms with Gasteiger partial charge in [-0.25, -0.2) is 4.98 Å². The second-order valence-electron chi connectivity index (χ2n) is 3.63. The maximum Gasteiger partial charge on any atom is 0.0897 e. The zero-order chi connectivity index (χ0) is 8.39. The highest BCUT2D eigenvalue weighted by molar-refractivity contribution is 7.09. The zero-order valence-electron chi connectivity index (χ0n) is 7.55. The molecule has 0 amide bonds. The summed E-state index contributed by atoms with van der Waals surface area (Å²) >= 11 is 1.79. The Balaban J connectivity index is 2.08. The Labute approximate surface area is 77.8 Å². The van der Waals surface area contributed by atoms with Crippen LogP contribution in [0.3, 0.4) is 0 Å². The topological polar surface area (TPSA) is 12.9 Å². The van der Waals surface area contributed by atoms with Crippen molar-refractivity contribution in [3.8, 4) is 0 Å². The standard InChI is InChI=1S/C10H15NS/c1-8-11-10(7-12-8)9-5-3-2-4-6-9/h7,9H,2-6H2,1H3. The first-order valence-corrected chi connectivity index (χ1v) is 5.66. The molecule has 0 aliphatic heterocycles. The van der Waals surface area contributed by atoms with Gasteiger partial charge < -0.3 is 0 Å². The molecule has 1 nitrogen and oxygen atoms in total. The van der Waals surface area contributed by atoms with Gasteiger partial charge in [0.05, 0.1) is 10.7 Å². The average molecular weight is 181 g/mol. The maximum absolute atomic E-state index is 4.55. The van der Waals surface area contributed by atoms with Crippen LogP contribution in [0.2, 0.25) is 0 Å². The predicted molar refractivity (Wildman–Crippen MR) is 52.7 cm³/mol. The van der Waals surface area contributed by atoms with Crippen molar-refractivity contribution in [1.29, 1.82) is 0 Å². The summed E-state index contributed by atoms with van der Waals surface area (Å²) in [6.07, 6.45) is 6.97. The Morgan fingerprint density at radius 3 is 2.67 bits per heavy atom. The first-order valence-electron chi connectivity index (χ1n) is 4.78. The molecule has 0 saturated heterocycles. The largest absolute Gasteiger partial charge is 0.246 e. The predicted octanol–water partition coefficient (Wildman–Crippen LogP) is 3.50. The van der Waals surface area contributed by atoms with E-state index in [1.54, 1.807) is 11.3 Å². The molecule has 0 N–H and O–H groups in total. The van der Waals surface area contributed by atoms with E-state index in [9.17, 15) is 0 Å². The second-order valence-corrected chi connectivity index (χ2v) is 4.69. The van der Waals surface area contributed by atoms with E-state index in [0.717, 1.165) is 5.92 Å². The van der Waals surface area contributed by atoms with Gasteiger partial charge in [0.2, 0.25) is 0 Å². The van der Waals surface area contributed by atoms with E-state index in [4.69, 9.17) is 0 Å². The van der Waals surface area contributed by atoms with Crippen molar-refractivity contribution < 1.29 is 0 Å². The second kappa shape index (κ2) is 3.56. The molecule has 1 heterocycles. The number of aryl methyl sites for hydroxylation is 1. The first kappa shape index (κ1) is 8.24. The maximum atomic E-state index is 4.55. The van der Waals surface area contributed by atoms with E-state index in [-0.39, 0.29) is 0 Å². The molecule has 2 rings (SSSR count). The SMILES string of the molecule is Cc1nc(C2CCCCC2)cs1. The molecular weight excluding hydrogens is 166 g/mol. The number of hydrogen-bond donors (Lipinski definition) is 0. The van der Waals surface area contributed by atoms with Crippen LogP contribution in [0.15, 0.2) is 5.38 Å². The third kappa shape index (κ3) is 1.69. The summed E-state index contributed by atoms with van der Waals surface area (Å²) in [4.78, 5) is 4.55. The molecule has 2 heteroatoms. The van der Waals surface area contributed by atoms with Gasteiger partial charge in [-0.3, -0.25) is 0 Å². The molecule has 0 radical (unpaired) electrons. The number of hydrogen-bond acceptors (Lipinski definition) is 2. The molecule has 1 aromatic rings. The Morgan fingerprint density at radius 1 is 1.33 bits per heavy atom. The van der Waals surface area contributed by atoms with Crippen molar-refractivity contribution in [2.24, 2.45) is 0 Å². The minimum Gasteiger partial charge on any atom is -0.246 e. The van der Waals surface area contributed by atoms with E-state index in [0.29, 0.717) is 0 Å². The quantitative estimate of drug-likeness (QED) is 0.646. The van der Waals surface area contributed by atoms with E-state index < -0.39 is 0 Å².